The molecular weight excluding hydrogens is 256 g/mol. The maximum Gasteiger partial charge on any atom is 0.339 e. The summed E-state index contributed by atoms with van der Waals surface area (Å²) in [5, 5.41) is 12.3. The third-order valence-corrected chi connectivity index (χ3v) is 2.94. The summed E-state index contributed by atoms with van der Waals surface area (Å²) >= 11 is 0. The van der Waals surface area contributed by atoms with Crippen molar-refractivity contribution in [2.45, 2.75) is 13.8 Å². The van der Waals surface area contributed by atoms with Crippen molar-refractivity contribution < 1.29 is 14.6 Å². The molecule has 2 N–H and O–H groups in total. The Morgan fingerprint density at radius 2 is 2.05 bits per heavy atom. The second-order valence-corrected chi connectivity index (χ2v) is 4.49. The third kappa shape index (κ3) is 2.88. The van der Waals surface area contributed by atoms with Gasteiger partial charge in [-0.05, 0) is 43.7 Å². The van der Waals surface area contributed by atoms with Crippen LogP contribution in [0.2, 0.25) is 0 Å². The van der Waals surface area contributed by atoms with Crippen LogP contribution in [0.15, 0.2) is 30.5 Å². The molecule has 0 bridgehead atoms. The van der Waals surface area contributed by atoms with Gasteiger partial charge in [-0.25, -0.2) is 4.79 Å². The van der Waals surface area contributed by atoms with Crippen molar-refractivity contribution in [3.05, 3.63) is 47.3 Å². The van der Waals surface area contributed by atoms with Crippen molar-refractivity contribution in [1.29, 1.82) is 0 Å². The second kappa shape index (κ2) is 5.61. The van der Waals surface area contributed by atoms with Crippen LogP contribution in [-0.4, -0.2) is 23.2 Å². The number of aromatic nitrogens is 1. The molecule has 0 atom stereocenters. The van der Waals surface area contributed by atoms with Crippen molar-refractivity contribution in [1.82, 2.24) is 4.98 Å². The number of nitrogens with zero attached hydrogens (tertiary/aromatic N) is 1. The Balaban J connectivity index is 2.36. The Morgan fingerprint density at radius 1 is 1.30 bits per heavy atom. The Labute approximate surface area is 117 Å². The van der Waals surface area contributed by atoms with Crippen molar-refractivity contribution >= 4 is 17.3 Å². The number of carbonyl (C=O) groups is 1. The SMILES string of the molecule is COc1ccc(Nc2cc(C)ncc2C(=O)O)cc1C. The normalized spacial score (nSPS) is 10.2. The lowest BCUT2D eigenvalue weighted by Gasteiger charge is -2.12. The minimum Gasteiger partial charge on any atom is -0.496 e. The molecule has 0 aliphatic heterocycles. The number of nitrogens with one attached hydrogen (secondary N) is 1. The highest BCUT2D eigenvalue weighted by molar-refractivity contribution is 5.94. The van der Waals surface area contributed by atoms with E-state index in [-0.39, 0.29) is 5.56 Å². The number of hydrogen-bond donors (Lipinski definition) is 2. The number of benzene rings is 1. The summed E-state index contributed by atoms with van der Waals surface area (Å²) in [5.41, 5.74) is 3.19. The van der Waals surface area contributed by atoms with Gasteiger partial charge in [0.05, 0.1) is 12.8 Å². The molecule has 0 spiro atoms. The summed E-state index contributed by atoms with van der Waals surface area (Å²) in [6, 6.07) is 7.29. The number of carboxylic acid groups (broad SMARTS) is 1. The van der Waals surface area contributed by atoms with E-state index in [4.69, 9.17) is 4.74 Å². The number of aryl methyl sites for hydroxylation is 2. The molecule has 0 saturated heterocycles. The van der Waals surface area contributed by atoms with E-state index in [0.29, 0.717) is 5.69 Å². The van der Waals surface area contributed by atoms with Gasteiger partial charge in [-0.1, -0.05) is 0 Å². The quantitative estimate of drug-likeness (QED) is 0.894. The Kier molecular flexibility index (Phi) is 3.89. The lowest BCUT2D eigenvalue weighted by molar-refractivity contribution is 0.0697. The summed E-state index contributed by atoms with van der Waals surface area (Å²) in [5.74, 6) is -0.217. The van der Waals surface area contributed by atoms with E-state index in [0.717, 1.165) is 22.7 Å². The Hall–Kier alpha value is -2.56. The number of pyridine rings is 1. The summed E-state index contributed by atoms with van der Waals surface area (Å²) < 4.78 is 5.20. The van der Waals surface area contributed by atoms with Crippen LogP contribution in [-0.2, 0) is 0 Å². The first-order valence-corrected chi connectivity index (χ1v) is 6.13. The van der Waals surface area contributed by atoms with E-state index in [9.17, 15) is 9.90 Å². The highest BCUT2D eigenvalue weighted by Gasteiger charge is 2.11. The maximum atomic E-state index is 11.2. The molecule has 0 radical (unpaired) electrons. The fraction of sp³-hybridized carbons (Fsp3) is 0.200. The number of aromatic carboxylic acids is 1. The van der Waals surface area contributed by atoms with E-state index >= 15 is 0 Å². The van der Waals surface area contributed by atoms with Crippen LogP contribution < -0.4 is 10.1 Å². The molecule has 0 aliphatic rings. The zero-order chi connectivity index (χ0) is 14.7. The van der Waals surface area contributed by atoms with Gasteiger partial charge in [-0.15, -0.1) is 0 Å². The van der Waals surface area contributed by atoms with Gasteiger partial charge >= 0.3 is 5.97 Å². The molecule has 2 aromatic rings. The molecule has 2 rings (SSSR count). The number of methoxy groups -OCH3 is 1. The van der Waals surface area contributed by atoms with Crippen LogP contribution >= 0.6 is 0 Å². The van der Waals surface area contributed by atoms with Crippen molar-refractivity contribution in [2.24, 2.45) is 0 Å². The van der Waals surface area contributed by atoms with E-state index in [1.54, 1.807) is 13.2 Å². The molecule has 0 fully saturated rings. The smallest absolute Gasteiger partial charge is 0.339 e. The van der Waals surface area contributed by atoms with Crippen LogP contribution in [0.25, 0.3) is 0 Å². The molecule has 5 nitrogen and oxygen atoms in total. The van der Waals surface area contributed by atoms with Gasteiger partial charge in [0.25, 0.3) is 0 Å². The molecule has 0 saturated carbocycles. The third-order valence-electron chi connectivity index (χ3n) is 2.94. The zero-order valence-electron chi connectivity index (χ0n) is 11.6. The fourth-order valence-electron chi connectivity index (χ4n) is 1.95. The second-order valence-electron chi connectivity index (χ2n) is 4.49. The van der Waals surface area contributed by atoms with Gasteiger partial charge in [0, 0.05) is 17.6 Å². The van der Waals surface area contributed by atoms with Crippen molar-refractivity contribution in [3.63, 3.8) is 0 Å². The number of hydrogen-bond acceptors (Lipinski definition) is 4. The largest absolute Gasteiger partial charge is 0.496 e. The number of carboxylic acids is 1. The lowest BCUT2D eigenvalue weighted by atomic mass is 10.1. The van der Waals surface area contributed by atoms with Gasteiger partial charge in [-0.3, -0.25) is 4.98 Å². The molecule has 104 valence electrons. The molecule has 0 aliphatic carbocycles. The van der Waals surface area contributed by atoms with Crippen LogP contribution in [0.4, 0.5) is 11.4 Å². The zero-order valence-corrected chi connectivity index (χ0v) is 11.6. The summed E-state index contributed by atoms with van der Waals surface area (Å²) in [7, 11) is 1.62. The highest BCUT2D eigenvalue weighted by Crippen LogP contribution is 2.26. The molecule has 1 heterocycles. The summed E-state index contributed by atoms with van der Waals surface area (Å²) in [6.07, 6.45) is 1.36. The molecule has 5 heteroatoms. The topological polar surface area (TPSA) is 71.5 Å². The minimum atomic E-state index is -1.01. The van der Waals surface area contributed by atoms with Crippen LogP contribution in [0.1, 0.15) is 21.6 Å². The predicted octanol–water partition coefficient (Wildman–Crippen LogP) is 3.15. The molecule has 20 heavy (non-hydrogen) atoms. The van der Waals surface area contributed by atoms with Gasteiger partial charge < -0.3 is 15.2 Å². The molecular formula is C15H16N2O3. The predicted molar refractivity (Wildman–Crippen MR) is 76.9 cm³/mol. The van der Waals surface area contributed by atoms with Gasteiger partial charge in [0.15, 0.2) is 0 Å². The fourth-order valence-corrected chi connectivity index (χ4v) is 1.95. The standard InChI is InChI=1S/C15H16N2O3/c1-9-6-11(4-5-14(9)20-3)17-13-7-10(2)16-8-12(13)15(18)19/h4-8H,1-3H3,(H,16,17)(H,18,19). The average Bonchev–Trinajstić information content (AvgIpc) is 2.38. The minimum absolute atomic E-state index is 0.143. The summed E-state index contributed by atoms with van der Waals surface area (Å²) in [4.78, 5) is 15.2. The molecule has 0 unspecified atom stereocenters. The number of anilines is 2. The van der Waals surface area contributed by atoms with E-state index < -0.39 is 5.97 Å². The van der Waals surface area contributed by atoms with Gasteiger partial charge in [0.2, 0.25) is 0 Å². The first-order chi connectivity index (χ1) is 9.51. The van der Waals surface area contributed by atoms with Crippen LogP contribution in [0.5, 0.6) is 5.75 Å². The average molecular weight is 272 g/mol. The van der Waals surface area contributed by atoms with Gasteiger partial charge in [-0.2, -0.15) is 0 Å². The lowest BCUT2D eigenvalue weighted by Crippen LogP contribution is -2.04. The van der Waals surface area contributed by atoms with Crippen molar-refractivity contribution in [3.8, 4) is 5.75 Å². The summed E-state index contributed by atoms with van der Waals surface area (Å²) in [6.45, 7) is 3.75. The molecule has 0 amide bonds. The molecule has 1 aromatic carbocycles. The monoisotopic (exact) mass is 272 g/mol. The number of rotatable bonds is 4. The van der Waals surface area contributed by atoms with Crippen LogP contribution in [0.3, 0.4) is 0 Å². The first-order valence-electron chi connectivity index (χ1n) is 6.13. The Bertz CT molecular complexity index is 654. The molecule has 1 aromatic heterocycles. The van der Waals surface area contributed by atoms with E-state index in [2.05, 4.69) is 10.3 Å². The Morgan fingerprint density at radius 3 is 2.65 bits per heavy atom. The first kappa shape index (κ1) is 13.9. The van der Waals surface area contributed by atoms with Gasteiger partial charge in [0.1, 0.15) is 11.3 Å². The number of ether oxygens (including phenoxy) is 1. The van der Waals surface area contributed by atoms with Crippen LogP contribution in [0, 0.1) is 13.8 Å². The van der Waals surface area contributed by atoms with E-state index in [1.807, 2.05) is 32.0 Å². The maximum absolute atomic E-state index is 11.2. The highest BCUT2D eigenvalue weighted by atomic mass is 16.5. The van der Waals surface area contributed by atoms with E-state index in [1.165, 1.54) is 6.20 Å². The van der Waals surface area contributed by atoms with Crippen molar-refractivity contribution in [2.75, 3.05) is 12.4 Å².